The van der Waals surface area contributed by atoms with Crippen LogP contribution in [0.3, 0.4) is 0 Å². The van der Waals surface area contributed by atoms with E-state index >= 15 is 0 Å². The Morgan fingerprint density at radius 2 is 2.05 bits per heavy atom. The Morgan fingerprint density at radius 3 is 2.76 bits per heavy atom. The quantitative estimate of drug-likeness (QED) is 0.856. The normalized spacial score (nSPS) is 12.0. The SMILES string of the molecule is Cc1cc(OCC(O)CNc2ccccc2F)ccc1Cl. The maximum Gasteiger partial charge on any atom is 0.146 e. The third-order valence-corrected chi connectivity index (χ3v) is 3.40. The van der Waals surface area contributed by atoms with Crippen molar-refractivity contribution in [1.29, 1.82) is 0 Å². The molecule has 0 aliphatic carbocycles. The maximum absolute atomic E-state index is 13.4. The first-order valence-corrected chi connectivity index (χ1v) is 6.99. The van der Waals surface area contributed by atoms with Gasteiger partial charge >= 0.3 is 0 Å². The molecule has 5 heteroatoms. The molecule has 0 saturated heterocycles. The van der Waals surface area contributed by atoms with E-state index < -0.39 is 6.10 Å². The highest BCUT2D eigenvalue weighted by Gasteiger charge is 2.07. The predicted molar refractivity (Wildman–Crippen MR) is 82.6 cm³/mol. The summed E-state index contributed by atoms with van der Waals surface area (Å²) in [4.78, 5) is 0. The number of hydrogen-bond acceptors (Lipinski definition) is 3. The summed E-state index contributed by atoms with van der Waals surface area (Å²) in [6.07, 6.45) is -0.749. The Morgan fingerprint density at radius 1 is 1.29 bits per heavy atom. The Labute approximate surface area is 128 Å². The van der Waals surface area contributed by atoms with E-state index in [1.165, 1.54) is 6.07 Å². The van der Waals surface area contributed by atoms with Crippen molar-refractivity contribution < 1.29 is 14.2 Å². The van der Waals surface area contributed by atoms with Crippen LogP contribution in [0.15, 0.2) is 42.5 Å². The van der Waals surface area contributed by atoms with Gasteiger partial charge in [-0.25, -0.2) is 4.39 Å². The van der Waals surface area contributed by atoms with E-state index in [-0.39, 0.29) is 19.0 Å². The minimum atomic E-state index is -0.749. The van der Waals surface area contributed by atoms with E-state index in [9.17, 15) is 9.50 Å². The molecule has 112 valence electrons. The second-order valence-corrected chi connectivity index (χ2v) is 5.14. The maximum atomic E-state index is 13.4. The number of aliphatic hydroxyl groups is 1. The second-order valence-electron chi connectivity index (χ2n) is 4.74. The molecule has 0 fully saturated rings. The molecule has 1 unspecified atom stereocenters. The van der Waals surface area contributed by atoms with E-state index in [0.717, 1.165) is 5.56 Å². The lowest BCUT2D eigenvalue weighted by Crippen LogP contribution is -2.26. The van der Waals surface area contributed by atoms with Gasteiger partial charge in [0.2, 0.25) is 0 Å². The van der Waals surface area contributed by atoms with Gasteiger partial charge in [-0.15, -0.1) is 0 Å². The van der Waals surface area contributed by atoms with Gasteiger partial charge in [-0.3, -0.25) is 0 Å². The zero-order valence-electron chi connectivity index (χ0n) is 11.6. The molecule has 1 atom stereocenters. The molecule has 0 aliphatic heterocycles. The summed E-state index contributed by atoms with van der Waals surface area (Å²) in [6, 6.07) is 11.6. The van der Waals surface area contributed by atoms with Crippen molar-refractivity contribution >= 4 is 17.3 Å². The van der Waals surface area contributed by atoms with Crippen molar-refractivity contribution in [1.82, 2.24) is 0 Å². The summed E-state index contributed by atoms with van der Waals surface area (Å²) in [5, 5.41) is 13.4. The average Bonchev–Trinajstić information content (AvgIpc) is 2.47. The summed E-state index contributed by atoms with van der Waals surface area (Å²) in [5.41, 5.74) is 1.27. The third-order valence-electron chi connectivity index (χ3n) is 2.97. The van der Waals surface area contributed by atoms with Crippen LogP contribution in [0.4, 0.5) is 10.1 Å². The first-order chi connectivity index (χ1) is 10.1. The van der Waals surface area contributed by atoms with Crippen LogP contribution in [0.1, 0.15) is 5.56 Å². The number of para-hydroxylation sites is 1. The van der Waals surface area contributed by atoms with Gasteiger partial charge < -0.3 is 15.2 Å². The molecule has 0 bridgehead atoms. The number of aryl methyl sites for hydroxylation is 1. The summed E-state index contributed by atoms with van der Waals surface area (Å²) in [5.74, 6) is 0.292. The molecule has 0 aromatic heterocycles. The van der Waals surface area contributed by atoms with Crippen molar-refractivity contribution in [3.05, 3.63) is 58.9 Å². The van der Waals surface area contributed by atoms with E-state index in [0.29, 0.717) is 16.5 Å². The molecule has 2 N–H and O–H groups in total. The lowest BCUT2D eigenvalue weighted by Gasteiger charge is -2.14. The van der Waals surface area contributed by atoms with E-state index in [1.807, 2.05) is 6.92 Å². The number of benzene rings is 2. The van der Waals surface area contributed by atoms with E-state index in [4.69, 9.17) is 16.3 Å². The topological polar surface area (TPSA) is 41.5 Å². The molecule has 0 heterocycles. The van der Waals surface area contributed by atoms with Gasteiger partial charge in [0.25, 0.3) is 0 Å². The largest absolute Gasteiger partial charge is 0.491 e. The van der Waals surface area contributed by atoms with E-state index in [1.54, 1.807) is 36.4 Å². The Hall–Kier alpha value is -1.78. The minimum absolute atomic E-state index is 0.114. The standard InChI is InChI=1S/C16H17ClFNO2/c1-11-8-13(6-7-14(11)17)21-10-12(20)9-19-16-5-3-2-4-15(16)18/h2-8,12,19-20H,9-10H2,1H3. The molecule has 2 rings (SSSR count). The molecular weight excluding hydrogens is 293 g/mol. The molecule has 0 amide bonds. The fourth-order valence-corrected chi connectivity index (χ4v) is 1.91. The molecule has 0 radical (unpaired) electrons. The van der Waals surface area contributed by atoms with Crippen molar-refractivity contribution in [2.45, 2.75) is 13.0 Å². The molecule has 0 aliphatic rings. The van der Waals surface area contributed by atoms with Crippen LogP contribution < -0.4 is 10.1 Å². The van der Waals surface area contributed by atoms with Crippen molar-refractivity contribution in [3.8, 4) is 5.75 Å². The summed E-state index contributed by atoms with van der Waals surface area (Å²) < 4.78 is 18.9. The highest BCUT2D eigenvalue weighted by atomic mass is 35.5. The Kier molecular flexibility index (Phi) is 5.42. The minimum Gasteiger partial charge on any atom is -0.491 e. The van der Waals surface area contributed by atoms with Gasteiger partial charge in [0, 0.05) is 11.6 Å². The second kappa shape index (κ2) is 7.29. The van der Waals surface area contributed by atoms with Gasteiger partial charge in [-0.1, -0.05) is 23.7 Å². The van der Waals surface area contributed by atoms with Gasteiger partial charge in [-0.05, 0) is 42.8 Å². The number of anilines is 1. The van der Waals surface area contributed by atoms with Crippen LogP contribution in [-0.2, 0) is 0 Å². The molecule has 2 aromatic carbocycles. The van der Waals surface area contributed by atoms with E-state index in [2.05, 4.69) is 5.32 Å². The summed E-state index contributed by atoms with van der Waals surface area (Å²) in [6.45, 7) is 2.20. The van der Waals surface area contributed by atoms with Crippen molar-refractivity contribution in [3.63, 3.8) is 0 Å². The van der Waals surface area contributed by atoms with Crippen molar-refractivity contribution in [2.75, 3.05) is 18.5 Å². The molecule has 3 nitrogen and oxygen atoms in total. The Balaban J connectivity index is 1.81. The smallest absolute Gasteiger partial charge is 0.146 e. The van der Waals surface area contributed by atoms with Gasteiger partial charge in [0.05, 0.1) is 5.69 Å². The fourth-order valence-electron chi connectivity index (χ4n) is 1.79. The fraction of sp³-hybridized carbons (Fsp3) is 0.250. The number of hydrogen-bond donors (Lipinski definition) is 2. The lowest BCUT2D eigenvalue weighted by atomic mass is 10.2. The number of halogens is 2. The Bertz CT molecular complexity index is 607. The van der Waals surface area contributed by atoms with Crippen LogP contribution in [0.5, 0.6) is 5.75 Å². The third kappa shape index (κ3) is 4.62. The van der Waals surface area contributed by atoms with Crippen LogP contribution >= 0.6 is 11.6 Å². The van der Waals surface area contributed by atoms with Crippen LogP contribution in [0.25, 0.3) is 0 Å². The van der Waals surface area contributed by atoms with Crippen LogP contribution in [0, 0.1) is 12.7 Å². The van der Waals surface area contributed by atoms with Gasteiger partial charge in [0.15, 0.2) is 0 Å². The van der Waals surface area contributed by atoms with Crippen molar-refractivity contribution in [2.24, 2.45) is 0 Å². The van der Waals surface area contributed by atoms with Gasteiger partial charge in [0.1, 0.15) is 24.3 Å². The summed E-state index contributed by atoms with van der Waals surface area (Å²) >= 11 is 5.93. The first-order valence-electron chi connectivity index (χ1n) is 6.61. The average molecular weight is 310 g/mol. The zero-order valence-corrected chi connectivity index (χ0v) is 12.4. The highest BCUT2D eigenvalue weighted by molar-refractivity contribution is 6.31. The van der Waals surface area contributed by atoms with Crippen LogP contribution in [0.2, 0.25) is 5.02 Å². The molecule has 0 spiro atoms. The highest BCUT2D eigenvalue weighted by Crippen LogP contribution is 2.21. The molecular formula is C16H17ClFNO2. The number of ether oxygens (including phenoxy) is 1. The summed E-state index contributed by atoms with van der Waals surface area (Å²) in [7, 11) is 0. The molecule has 2 aromatic rings. The van der Waals surface area contributed by atoms with Crippen LogP contribution in [-0.4, -0.2) is 24.4 Å². The van der Waals surface area contributed by atoms with Gasteiger partial charge in [-0.2, -0.15) is 0 Å². The predicted octanol–water partition coefficient (Wildman–Crippen LogP) is 3.64. The molecule has 0 saturated carbocycles. The number of nitrogens with one attached hydrogen (secondary N) is 1. The lowest BCUT2D eigenvalue weighted by molar-refractivity contribution is 0.117. The zero-order chi connectivity index (χ0) is 15.2. The number of aliphatic hydroxyl groups excluding tert-OH is 1. The monoisotopic (exact) mass is 309 g/mol. The number of rotatable bonds is 6. The molecule has 21 heavy (non-hydrogen) atoms. The first kappa shape index (κ1) is 15.6.